The van der Waals surface area contributed by atoms with Gasteiger partial charge in [0.25, 0.3) is 0 Å². The average molecular weight is 292 g/mol. The highest BCUT2D eigenvalue weighted by Crippen LogP contribution is 2.34. The van der Waals surface area contributed by atoms with Crippen molar-refractivity contribution in [3.63, 3.8) is 0 Å². The van der Waals surface area contributed by atoms with Crippen LogP contribution in [0.3, 0.4) is 0 Å². The fraction of sp³-hybridized carbons (Fsp3) is 0.667. The Labute approximate surface area is 128 Å². The average Bonchev–Trinajstić information content (AvgIpc) is 2.46. The van der Waals surface area contributed by atoms with E-state index in [1.54, 1.807) is 0 Å². The first kappa shape index (κ1) is 15.9. The summed E-state index contributed by atoms with van der Waals surface area (Å²) in [5.41, 5.74) is 1.44. The van der Waals surface area contributed by atoms with Crippen molar-refractivity contribution in [2.75, 3.05) is 6.54 Å². The lowest BCUT2D eigenvalue weighted by molar-refractivity contribution is 0.381. The van der Waals surface area contributed by atoms with Crippen LogP contribution in [0.25, 0.3) is 0 Å². The highest BCUT2D eigenvalue weighted by Gasteiger charge is 2.22. The van der Waals surface area contributed by atoms with Crippen molar-refractivity contribution < 1.29 is 0 Å². The van der Waals surface area contributed by atoms with E-state index in [0.717, 1.165) is 11.3 Å². The lowest BCUT2D eigenvalue weighted by Gasteiger charge is -2.29. The molecule has 1 aromatic rings. The van der Waals surface area contributed by atoms with Crippen molar-refractivity contribution in [2.24, 2.45) is 0 Å². The van der Waals surface area contributed by atoms with Crippen LogP contribution in [0, 0.1) is 0 Å². The first-order valence-corrected chi connectivity index (χ1v) is 9.07. The maximum Gasteiger partial charge on any atom is 0.0109 e. The molecule has 0 radical (unpaired) electrons. The molecule has 0 amide bonds. The zero-order valence-electron chi connectivity index (χ0n) is 13.2. The highest BCUT2D eigenvalue weighted by atomic mass is 32.2. The molecule has 2 rings (SSSR count). The molecule has 1 nitrogen and oxygen atoms in total. The lowest BCUT2D eigenvalue weighted by atomic mass is 9.95. The minimum Gasteiger partial charge on any atom is -0.314 e. The Morgan fingerprint density at radius 1 is 1.20 bits per heavy atom. The second kappa shape index (κ2) is 8.09. The highest BCUT2D eigenvalue weighted by molar-refractivity contribution is 8.00. The molecular formula is C18H29NS. The van der Waals surface area contributed by atoms with Crippen LogP contribution in [0.15, 0.2) is 29.2 Å². The molecule has 0 aliphatic heterocycles. The fourth-order valence-electron chi connectivity index (χ4n) is 2.91. The standard InChI is InChI=1S/C18H29NS/c1-4-12-19-16-6-5-7-18(13-16)20-17-10-8-15(9-11-17)14(2)3/h8-11,14,16,18-19H,4-7,12-13H2,1-3H3. The molecule has 1 N–H and O–H groups in total. The molecule has 1 aliphatic carbocycles. The molecule has 112 valence electrons. The molecule has 2 unspecified atom stereocenters. The third-order valence-electron chi connectivity index (χ3n) is 4.16. The normalized spacial score (nSPS) is 23.2. The Morgan fingerprint density at radius 3 is 2.60 bits per heavy atom. The van der Waals surface area contributed by atoms with Gasteiger partial charge in [0.2, 0.25) is 0 Å². The Kier molecular flexibility index (Phi) is 6.44. The van der Waals surface area contributed by atoms with Gasteiger partial charge in [-0.25, -0.2) is 0 Å². The molecule has 2 heteroatoms. The smallest absolute Gasteiger partial charge is 0.0109 e. The van der Waals surface area contributed by atoms with Crippen molar-refractivity contribution in [1.29, 1.82) is 0 Å². The zero-order valence-corrected chi connectivity index (χ0v) is 14.0. The second-order valence-corrected chi connectivity index (χ2v) is 7.66. The molecule has 20 heavy (non-hydrogen) atoms. The zero-order chi connectivity index (χ0) is 14.4. The van der Waals surface area contributed by atoms with Crippen LogP contribution in [-0.4, -0.2) is 17.8 Å². The fourth-order valence-corrected chi connectivity index (χ4v) is 4.20. The summed E-state index contributed by atoms with van der Waals surface area (Å²) < 4.78 is 0. The molecule has 0 heterocycles. The third-order valence-corrected chi connectivity index (χ3v) is 5.46. The van der Waals surface area contributed by atoms with Gasteiger partial charge in [0.05, 0.1) is 0 Å². The maximum absolute atomic E-state index is 3.70. The van der Waals surface area contributed by atoms with Crippen molar-refractivity contribution in [3.8, 4) is 0 Å². The van der Waals surface area contributed by atoms with E-state index in [1.807, 2.05) is 0 Å². The van der Waals surface area contributed by atoms with Gasteiger partial charge < -0.3 is 5.32 Å². The van der Waals surface area contributed by atoms with Gasteiger partial charge in [-0.1, -0.05) is 39.3 Å². The van der Waals surface area contributed by atoms with Crippen molar-refractivity contribution in [1.82, 2.24) is 5.32 Å². The minimum atomic E-state index is 0.631. The molecule has 1 fully saturated rings. The van der Waals surface area contributed by atoms with Gasteiger partial charge in [-0.15, -0.1) is 11.8 Å². The first-order chi connectivity index (χ1) is 9.69. The van der Waals surface area contributed by atoms with E-state index in [4.69, 9.17) is 0 Å². The predicted octanol–water partition coefficient (Wildman–Crippen LogP) is 5.21. The van der Waals surface area contributed by atoms with Crippen molar-refractivity contribution in [2.45, 2.75) is 75.0 Å². The van der Waals surface area contributed by atoms with Crippen molar-refractivity contribution >= 4 is 11.8 Å². The summed E-state index contributed by atoms with van der Waals surface area (Å²) in [5.74, 6) is 0.631. The quantitative estimate of drug-likeness (QED) is 0.772. The molecule has 0 saturated heterocycles. The van der Waals surface area contributed by atoms with E-state index in [-0.39, 0.29) is 0 Å². The summed E-state index contributed by atoms with van der Waals surface area (Å²) in [6, 6.07) is 9.95. The van der Waals surface area contributed by atoms with E-state index in [1.165, 1.54) is 49.1 Å². The van der Waals surface area contributed by atoms with Crippen LogP contribution in [0.4, 0.5) is 0 Å². The Bertz CT molecular complexity index is 385. The molecule has 0 spiro atoms. The van der Waals surface area contributed by atoms with Gasteiger partial charge in [0, 0.05) is 16.2 Å². The van der Waals surface area contributed by atoms with Crippen LogP contribution in [0.2, 0.25) is 0 Å². The predicted molar refractivity (Wildman–Crippen MR) is 90.7 cm³/mol. The van der Waals surface area contributed by atoms with Gasteiger partial charge in [0.1, 0.15) is 0 Å². The van der Waals surface area contributed by atoms with Crippen LogP contribution < -0.4 is 5.32 Å². The van der Waals surface area contributed by atoms with Crippen molar-refractivity contribution in [3.05, 3.63) is 29.8 Å². The topological polar surface area (TPSA) is 12.0 Å². The second-order valence-electron chi connectivity index (χ2n) is 6.28. The van der Waals surface area contributed by atoms with E-state index in [9.17, 15) is 0 Å². The van der Waals surface area contributed by atoms with E-state index < -0.39 is 0 Å². The van der Waals surface area contributed by atoms with Gasteiger partial charge in [0.15, 0.2) is 0 Å². The number of benzene rings is 1. The Hall–Kier alpha value is -0.470. The Morgan fingerprint density at radius 2 is 1.95 bits per heavy atom. The van der Waals surface area contributed by atoms with Gasteiger partial charge in [-0.3, -0.25) is 0 Å². The summed E-state index contributed by atoms with van der Waals surface area (Å²) >= 11 is 2.08. The number of hydrogen-bond donors (Lipinski definition) is 1. The minimum absolute atomic E-state index is 0.631. The van der Waals surface area contributed by atoms with E-state index in [0.29, 0.717) is 5.92 Å². The lowest BCUT2D eigenvalue weighted by Crippen LogP contribution is -2.35. The molecule has 0 bridgehead atoms. The maximum atomic E-state index is 3.70. The first-order valence-electron chi connectivity index (χ1n) is 8.19. The molecule has 1 aliphatic rings. The monoisotopic (exact) mass is 291 g/mol. The number of thioether (sulfide) groups is 1. The number of hydrogen-bond acceptors (Lipinski definition) is 2. The van der Waals surface area contributed by atoms with Gasteiger partial charge >= 0.3 is 0 Å². The summed E-state index contributed by atoms with van der Waals surface area (Å²) in [5, 5.41) is 4.49. The summed E-state index contributed by atoms with van der Waals surface area (Å²) in [6.07, 6.45) is 6.69. The van der Waals surface area contributed by atoms with Gasteiger partial charge in [-0.05, 0) is 55.8 Å². The largest absolute Gasteiger partial charge is 0.314 e. The van der Waals surface area contributed by atoms with E-state index >= 15 is 0 Å². The van der Waals surface area contributed by atoms with Crippen LogP contribution in [-0.2, 0) is 0 Å². The third kappa shape index (κ3) is 4.82. The Balaban J connectivity index is 1.85. The summed E-state index contributed by atoms with van der Waals surface area (Å²) in [6.45, 7) is 7.93. The SMILES string of the molecule is CCCNC1CCCC(Sc2ccc(C(C)C)cc2)C1. The molecule has 0 aromatic heterocycles. The summed E-state index contributed by atoms with van der Waals surface area (Å²) in [7, 11) is 0. The molecular weight excluding hydrogens is 262 g/mol. The number of rotatable bonds is 6. The molecule has 2 atom stereocenters. The molecule has 1 aromatic carbocycles. The van der Waals surface area contributed by atoms with Gasteiger partial charge in [-0.2, -0.15) is 0 Å². The van der Waals surface area contributed by atoms with Crippen LogP contribution in [0.5, 0.6) is 0 Å². The molecule has 1 saturated carbocycles. The van der Waals surface area contributed by atoms with E-state index in [2.05, 4.69) is 62.1 Å². The van der Waals surface area contributed by atoms with Crippen LogP contribution >= 0.6 is 11.8 Å². The number of nitrogens with one attached hydrogen (secondary N) is 1. The summed E-state index contributed by atoms with van der Waals surface area (Å²) in [4.78, 5) is 1.44. The van der Waals surface area contributed by atoms with Crippen LogP contribution in [0.1, 0.15) is 64.4 Å².